The Morgan fingerprint density at radius 2 is 1.63 bits per heavy atom. The number of nitrogens with zero attached hydrogens (tertiary/aromatic N) is 1. The average molecular weight is 542 g/mol. The van der Waals surface area contributed by atoms with Crippen LogP contribution < -0.4 is 34.6 Å². The molecule has 0 spiro atoms. The molecule has 30 heavy (non-hydrogen) atoms. The number of halogens is 2. The minimum Gasteiger partial charge on any atom is -1.00 e. The van der Waals surface area contributed by atoms with Crippen LogP contribution >= 0.6 is 11.6 Å². The first-order valence-corrected chi connectivity index (χ1v) is 10.5. The van der Waals surface area contributed by atoms with E-state index >= 15 is 0 Å². The Bertz CT molecular complexity index is 837. The van der Waals surface area contributed by atoms with Crippen molar-refractivity contribution in [2.24, 2.45) is 5.92 Å². The topological polar surface area (TPSA) is 58.2 Å². The van der Waals surface area contributed by atoms with E-state index in [1.807, 2.05) is 30.3 Å². The number of hydrogen-bond acceptors (Lipinski definition) is 2. The van der Waals surface area contributed by atoms with Crippen LogP contribution in [0.3, 0.4) is 0 Å². The lowest BCUT2D eigenvalue weighted by Crippen LogP contribution is -3.00. The molecule has 0 aromatic heterocycles. The van der Waals surface area contributed by atoms with Crippen LogP contribution in [-0.2, 0) is 11.3 Å². The molecule has 0 aliphatic carbocycles. The van der Waals surface area contributed by atoms with Gasteiger partial charge in [0.15, 0.2) is 0 Å². The second-order valence-corrected chi connectivity index (χ2v) is 8.63. The third kappa shape index (κ3) is 6.96. The molecule has 1 saturated heterocycles. The van der Waals surface area contributed by atoms with E-state index in [1.165, 1.54) is 5.56 Å². The number of benzene rings is 2. The zero-order chi connectivity index (χ0) is 20.9. The van der Waals surface area contributed by atoms with Crippen molar-refractivity contribution >= 4 is 23.4 Å². The number of carbonyl (C=O) groups excluding carboxylic acids is 2. The van der Waals surface area contributed by atoms with Crippen LogP contribution in [0.15, 0.2) is 54.6 Å². The summed E-state index contributed by atoms with van der Waals surface area (Å²) in [6, 6.07) is 17.0. The fourth-order valence-electron chi connectivity index (χ4n) is 3.88. The van der Waals surface area contributed by atoms with Gasteiger partial charge in [0, 0.05) is 34.9 Å². The molecule has 0 bridgehead atoms. The minimum atomic E-state index is -0.410. The number of likely N-dealkylation sites (tertiary alicyclic amines) is 1. The van der Waals surface area contributed by atoms with Gasteiger partial charge in [-0.25, -0.2) is 0 Å². The van der Waals surface area contributed by atoms with E-state index in [2.05, 4.69) is 29.8 Å². The van der Waals surface area contributed by atoms with Crippen LogP contribution in [0, 0.1) is 5.92 Å². The Labute approximate surface area is 200 Å². The summed E-state index contributed by atoms with van der Waals surface area (Å²) >= 11 is 5.98. The maximum atomic E-state index is 12.6. The predicted octanol–water partition coefficient (Wildman–Crippen LogP) is 0.593. The maximum absolute atomic E-state index is 12.6. The summed E-state index contributed by atoms with van der Waals surface area (Å²) in [4.78, 5) is 24.9. The van der Waals surface area contributed by atoms with E-state index < -0.39 is 6.17 Å². The number of nitrogens with one attached hydrogen (secondary N) is 2. The Kier molecular flexibility index (Phi) is 9.12. The predicted molar refractivity (Wildman–Crippen MR) is 115 cm³/mol. The zero-order valence-electron chi connectivity index (χ0n) is 17.4. The van der Waals surface area contributed by atoms with Crippen LogP contribution in [0.5, 0.6) is 0 Å². The molecule has 2 aromatic carbocycles. The molecule has 0 saturated carbocycles. The molecule has 1 aliphatic heterocycles. The normalized spacial score (nSPS) is 21.8. The van der Waals surface area contributed by atoms with Crippen LogP contribution in [0.25, 0.3) is 0 Å². The van der Waals surface area contributed by atoms with Crippen LogP contribution in [0.1, 0.15) is 35.7 Å². The van der Waals surface area contributed by atoms with Crippen molar-refractivity contribution in [3.63, 3.8) is 0 Å². The van der Waals surface area contributed by atoms with E-state index in [-0.39, 0.29) is 41.7 Å². The lowest BCUT2D eigenvalue weighted by molar-refractivity contribution is -0.927. The fourth-order valence-corrected chi connectivity index (χ4v) is 4.00. The summed E-state index contributed by atoms with van der Waals surface area (Å²) < 4.78 is 0.922. The zero-order valence-corrected chi connectivity index (χ0v) is 20.3. The molecule has 3 rings (SSSR count). The molecule has 1 atom stereocenters. The van der Waals surface area contributed by atoms with Crippen molar-refractivity contribution in [3.05, 3.63) is 70.7 Å². The molecular weight excluding hydrogens is 513 g/mol. The standard InChI is InChI=1S/C23H28ClN3O2.HI/c1-17(25-22(28)19-6-4-3-5-7-19)26-23(29)20-12-14-27(2,15-13-20)16-18-8-10-21(24)11-9-18;/h3-11,17,20H,12-16H2,1-2H3,(H-,25,26,28,29);1H. The summed E-state index contributed by atoms with van der Waals surface area (Å²) in [6.07, 6.45) is 1.27. The molecular formula is C23H29ClIN3O2. The molecule has 2 N–H and O–H groups in total. The molecule has 1 unspecified atom stereocenters. The third-order valence-corrected chi connectivity index (χ3v) is 5.88. The van der Waals surface area contributed by atoms with Crippen molar-refractivity contribution in [2.75, 3.05) is 20.1 Å². The molecule has 2 aromatic rings. The van der Waals surface area contributed by atoms with Gasteiger partial charge in [-0.1, -0.05) is 41.9 Å². The molecule has 1 heterocycles. The van der Waals surface area contributed by atoms with Crippen molar-refractivity contribution < 1.29 is 38.0 Å². The maximum Gasteiger partial charge on any atom is 0.252 e. The summed E-state index contributed by atoms with van der Waals surface area (Å²) in [5.41, 5.74) is 1.85. The molecule has 1 fully saturated rings. The number of carbonyl (C=O) groups is 2. The summed E-state index contributed by atoms with van der Waals surface area (Å²) in [5, 5.41) is 6.53. The number of quaternary nitrogens is 1. The van der Waals surface area contributed by atoms with Crippen molar-refractivity contribution in [3.8, 4) is 0 Å². The average Bonchev–Trinajstić information content (AvgIpc) is 2.70. The van der Waals surface area contributed by atoms with Crippen LogP contribution in [0.4, 0.5) is 0 Å². The lowest BCUT2D eigenvalue weighted by atomic mass is 9.93. The first-order chi connectivity index (χ1) is 13.8. The van der Waals surface area contributed by atoms with Crippen LogP contribution in [0.2, 0.25) is 5.02 Å². The van der Waals surface area contributed by atoms with Crippen molar-refractivity contribution in [1.82, 2.24) is 10.6 Å². The van der Waals surface area contributed by atoms with Gasteiger partial charge in [0.1, 0.15) is 6.54 Å². The Balaban J connectivity index is 0.00000320. The number of piperidine rings is 1. The Morgan fingerprint density at radius 3 is 2.23 bits per heavy atom. The third-order valence-electron chi connectivity index (χ3n) is 5.63. The lowest BCUT2D eigenvalue weighted by Gasteiger charge is -2.40. The van der Waals surface area contributed by atoms with Gasteiger partial charge in [-0.15, -0.1) is 0 Å². The highest BCUT2D eigenvalue weighted by Gasteiger charge is 2.34. The highest BCUT2D eigenvalue weighted by atomic mass is 127. The van der Waals surface area contributed by atoms with E-state index in [0.29, 0.717) is 5.56 Å². The highest BCUT2D eigenvalue weighted by molar-refractivity contribution is 6.30. The smallest absolute Gasteiger partial charge is 0.252 e. The molecule has 7 heteroatoms. The van der Waals surface area contributed by atoms with E-state index in [0.717, 1.165) is 42.0 Å². The summed E-state index contributed by atoms with van der Waals surface area (Å²) in [6.45, 7) is 4.63. The molecule has 5 nitrogen and oxygen atoms in total. The minimum absolute atomic E-state index is 0. The van der Waals surface area contributed by atoms with Gasteiger partial charge in [0.05, 0.1) is 26.3 Å². The van der Waals surface area contributed by atoms with Gasteiger partial charge in [-0.05, 0) is 31.2 Å². The number of rotatable bonds is 6. The van der Waals surface area contributed by atoms with Crippen molar-refractivity contribution in [1.29, 1.82) is 0 Å². The van der Waals surface area contributed by atoms with Crippen molar-refractivity contribution in [2.45, 2.75) is 32.5 Å². The van der Waals surface area contributed by atoms with Gasteiger partial charge in [-0.2, -0.15) is 0 Å². The Morgan fingerprint density at radius 1 is 1.03 bits per heavy atom. The first-order valence-electron chi connectivity index (χ1n) is 10.1. The molecule has 2 amide bonds. The SMILES string of the molecule is CC(NC(=O)c1ccccc1)NC(=O)C1CC[N+](C)(Cc2ccc(Cl)cc2)CC1.[I-]. The van der Waals surface area contributed by atoms with Gasteiger partial charge >= 0.3 is 0 Å². The monoisotopic (exact) mass is 541 g/mol. The highest BCUT2D eigenvalue weighted by Crippen LogP contribution is 2.25. The second-order valence-electron chi connectivity index (χ2n) is 8.20. The fraction of sp³-hybridized carbons (Fsp3) is 0.391. The molecule has 0 radical (unpaired) electrons. The number of amides is 2. The number of hydrogen-bond donors (Lipinski definition) is 2. The summed E-state index contributed by atoms with van der Waals surface area (Å²) in [7, 11) is 2.24. The van der Waals surface area contributed by atoms with Gasteiger partial charge in [0.25, 0.3) is 5.91 Å². The largest absolute Gasteiger partial charge is 1.00 e. The Hall–Kier alpha value is -1.64. The second kappa shape index (κ2) is 11.1. The van der Waals surface area contributed by atoms with Gasteiger partial charge in [0.2, 0.25) is 5.91 Å². The van der Waals surface area contributed by atoms with Gasteiger partial charge < -0.3 is 39.1 Å². The molecule has 1 aliphatic rings. The van der Waals surface area contributed by atoms with Gasteiger partial charge in [-0.3, -0.25) is 9.59 Å². The molecule has 162 valence electrons. The quantitative estimate of drug-likeness (QED) is 0.320. The first kappa shape index (κ1) is 24.6. The van der Waals surface area contributed by atoms with Crippen LogP contribution in [-0.4, -0.2) is 42.6 Å². The van der Waals surface area contributed by atoms with E-state index in [1.54, 1.807) is 19.1 Å². The van der Waals surface area contributed by atoms with E-state index in [4.69, 9.17) is 11.6 Å². The summed E-state index contributed by atoms with van der Waals surface area (Å²) in [5.74, 6) is -0.180. The van der Waals surface area contributed by atoms with E-state index in [9.17, 15) is 9.59 Å².